The van der Waals surface area contributed by atoms with Gasteiger partial charge in [-0.05, 0) is 34.9 Å². The summed E-state index contributed by atoms with van der Waals surface area (Å²) in [5.74, 6) is -0.409. The number of aliphatic hydroxyl groups excluding tert-OH is 4. The van der Waals surface area contributed by atoms with Gasteiger partial charge in [0, 0.05) is 12.6 Å². The molecule has 1 aromatic heterocycles. The molecule has 11 heteroatoms. The van der Waals surface area contributed by atoms with E-state index in [2.05, 4.69) is 4.98 Å². The third kappa shape index (κ3) is 4.99. The molecule has 1 saturated heterocycles. The van der Waals surface area contributed by atoms with E-state index in [0.717, 1.165) is 12.1 Å². The highest BCUT2D eigenvalue weighted by Gasteiger charge is 2.44. The largest absolute Gasteiger partial charge is 0.416 e. The molecular formula is C23H21F4NO5S. The van der Waals surface area contributed by atoms with Gasteiger partial charge in [-0.2, -0.15) is 13.2 Å². The van der Waals surface area contributed by atoms with Gasteiger partial charge in [0.2, 0.25) is 0 Å². The van der Waals surface area contributed by atoms with Crippen molar-refractivity contribution in [1.82, 2.24) is 4.98 Å². The normalized spacial score (nSPS) is 25.5. The van der Waals surface area contributed by atoms with Gasteiger partial charge in [0.05, 0.1) is 22.1 Å². The van der Waals surface area contributed by atoms with Crippen LogP contribution in [0.1, 0.15) is 27.8 Å². The summed E-state index contributed by atoms with van der Waals surface area (Å²) in [6.07, 6.45) is -10.6. The molecule has 1 aliphatic heterocycles. The molecule has 0 amide bonds. The van der Waals surface area contributed by atoms with Gasteiger partial charge >= 0.3 is 6.18 Å². The minimum atomic E-state index is -4.65. The molecule has 0 saturated carbocycles. The van der Waals surface area contributed by atoms with E-state index in [4.69, 9.17) is 4.74 Å². The van der Waals surface area contributed by atoms with E-state index in [0.29, 0.717) is 15.4 Å². The number of aliphatic hydroxyl groups is 4. The Balaban J connectivity index is 1.66. The van der Waals surface area contributed by atoms with E-state index < -0.39 is 54.7 Å². The van der Waals surface area contributed by atoms with Crippen LogP contribution in [0.15, 0.2) is 48.7 Å². The second-order valence-corrected chi connectivity index (χ2v) is 9.08. The number of hydrogen-bond acceptors (Lipinski definition) is 7. The lowest BCUT2D eigenvalue weighted by atomic mass is 9.89. The summed E-state index contributed by atoms with van der Waals surface area (Å²) in [6.45, 7) is -0.653. The average molecular weight is 499 g/mol. The van der Waals surface area contributed by atoms with Crippen LogP contribution in [-0.2, 0) is 17.3 Å². The zero-order valence-electron chi connectivity index (χ0n) is 17.5. The first-order chi connectivity index (χ1) is 16.1. The summed E-state index contributed by atoms with van der Waals surface area (Å²) in [4.78, 5) is 4.87. The van der Waals surface area contributed by atoms with Gasteiger partial charge in [0.15, 0.2) is 0 Å². The van der Waals surface area contributed by atoms with Crippen LogP contribution in [0.2, 0.25) is 0 Å². The fraction of sp³-hybridized carbons (Fsp3) is 0.348. The standard InChI is InChI=1S/C23H21F4NO5S/c24-14-4-1-11(2-5-14)17-9-28-18(34-17)8-13-7-12(3-6-15(13)23(25,26)27)22-21(32)20(31)19(30)16(10-29)33-22/h1-7,9,16,19-22,29-32H,8,10H2/t16-,19-,20+,21-,22+/m1/s1. The van der Waals surface area contributed by atoms with Crippen molar-refractivity contribution in [3.8, 4) is 10.4 Å². The Hall–Kier alpha value is -2.41. The molecule has 4 N–H and O–H groups in total. The van der Waals surface area contributed by atoms with E-state index in [1.807, 2.05) is 0 Å². The highest BCUT2D eigenvalue weighted by atomic mass is 32.1. The average Bonchev–Trinajstić information content (AvgIpc) is 3.26. The molecule has 0 bridgehead atoms. The highest BCUT2D eigenvalue weighted by Crippen LogP contribution is 2.38. The van der Waals surface area contributed by atoms with Gasteiger partial charge in [0.25, 0.3) is 0 Å². The molecule has 0 aliphatic carbocycles. The summed E-state index contributed by atoms with van der Waals surface area (Å²) in [6, 6.07) is 8.86. The van der Waals surface area contributed by atoms with Gasteiger partial charge in [-0.1, -0.05) is 24.3 Å². The van der Waals surface area contributed by atoms with Crippen LogP contribution in [-0.4, -0.2) is 56.4 Å². The molecule has 0 unspecified atom stereocenters. The third-order valence-electron chi connectivity index (χ3n) is 5.68. The van der Waals surface area contributed by atoms with E-state index in [-0.39, 0.29) is 17.5 Å². The van der Waals surface area contributed by atoms with E-state index in [1.54, 1.807) is 12.1 Å². The molecule has 182 valence electrons. The van der Waals surface area contributed by atoms with E-state index in [9.17, 15) is 38.0 Å². The zero-order chi connectivity index (χ0) is 24.6. The van der Waals surface area contributed by atoms with Crippen molar-refractivity contribution in [3.63, 3.8) is 0 Å². The molecule has 4 rings (SSSR count). The van der Waals surface area contributed by atoms with Crippen molar-refractivity contribution in [2.45, 2.75) is 43.1 Å². The predicted molar refractivity (Wildman–Crippen MR) is 114 cm³/mol. The smallest absolute Gasteiger partial charge is 0.394 e. The molecule has 5 atom stereocenters. The number of benzene rings is 2. The molecular weight excluding hydrogens is 478 g/mol. The van der Waals surface area contributed by atoms with Crippen molar-refractivity contribution in [3.05, 3.63) is 76.2 Å². The Labute approximate surface area is 195 Å². The highest BCUT2D eigenvalue weighted by molar-refractivity contribution is 7.15. The van der Waals surface area contributed by atoms with Crippen molar-refractivity contribution >= 4 is 11.3 Å². The molecule has 1 fully saturated rings. The molecule has 0 radical (unpaired) electrons. The van der Waals surface area contributed by atoms with Crippen LogP contribution in [0.3, 0.4) is 0 Å². The van der Waals surface area contributed by atoms with Crippen molar-refractivity contribution < 1.29 is 42.7 Å². The number of ether oxygens (including phenoxy) is 1. The zero-order valence-corrected chi connectivity index (χ0v) is 18.3. The quantitative estimate of drug-likeness (QED) is 0.403. The number of alkyl halides is 3. The Kier molecular flexibility index (Phi) is 7.04. The second kappa shape index (κ2) is 9.68. The Morgan fingerprint density at radius 3 is 2.32 bits per heavy atom. The van der Waals surface area contributed by atoms with Crippen LogP contribution in [0.25, 0.3) is 10.4 Å². The van der Waals surface area contributed by atoms with Gasteiger partial charge < -0.3 is 25.2 Å². The molecule has 6 nitrogen and oxygen atoms in total. The second-order valence-electron chi connectivity index (χ2n) is 7.97. The fourth-order valence-electron chi connectivity index (χ4n) is 3.89. The van der Waals surface area contributed by atoms with Gasteiger partial charge in [0.1, 0.15) is 36.3 Å². The predicted octanol–water partition coefficient (Wildman–Crippen LogP) is 3.07. The lowest BCUT2D eigenvalue weighted by Gasteiger charge is -2.40. The van der Waals surface area contributed by atoms with Gasteiger partial charge in [-0.3, -0.25) is 0 Å². The minimum Gasteiger partial charge on any atom is -0.394 e. The van der Waals surface area contributed by atoms with E-state index in [1.165, 1.54) is 35.7 Å². The maximum atomic E-state index is 13.7. The first kappa shape index (κ1) is 24.7. The molecule has 2 aromatic carbocycles. The molecule has 2 heterocycles. The Bertz CT molecular complexity index is 1140. The maximum Gasteiger partial charge on any atom is 0.416 e. The van der Waals surface area contributed by atoms with Crippen LogP contribution in [0.5, 0.6) is 0 Å². The lowest BCUT2D eigenvalue weighted by Crippen LogP contribution is -2.55. The molecule has 3 aromatic rings. The monoisotopic (exact) mass is 499 g/mol. The molecule has 1 aliphatic rings. The van der Waals surface area contributed by atoms with Crippen molar-refractivity contribution in [1.29, 1.82) is 0 Å². The third-order valence-corrected chi connectivity index (χ3v) is 6.73. The summed E-state index contributed by atoms with van der Waals surface area (Å²) in [5, 5.41) is 40.1. The number of halogens is 4. The fourth-order valence-corrected chi connectivity index (χ4v) is 4.84. The van der Waals surface area contributed by atoms with Crippen LogP contribution < -0.4 is 0 Å². The molecule has 0 spiro atoms. The summed E-state index contributed by atoms with van der Waals surface area (Å²) in [5.41, 5.74) is -0.187. The number of nitrogens with zero attached hydrogens (tertiary/aromatic N) is 1. The number of thiazole rings is 1. The number of hydrogen-bond donors (Lipinski definition) is 4. The van der Waals surface area contributed by atoms with E-state index >= 15 is 0 Å². The Morgan fingerprint density at radius 1 is 0.971 bits per heavy atom. The van der Waals surface area contributed by atoms with Crippen LogP contribution in [0.4, 0.5) is 17.6 Å². The number of rotatable bonds is 5. The van der Waals surface area contributed by atoms with Gasteiger partial charge in [-0.25, -0.2) is 9.37 Å². The van der Waals surface area contributed by atoms with Crippen LogP contribution in [0, 0.1) is 5.82 Å². The minimum absolute atomic E-state index is 0.123. The summed E-state index contributed by atoms with van der Waals surface area (Å²) in [7, 11) is 0. The maximum absolute atomic E-state index is 13.7. The summed E-state index contributed by atoms with van der Waals surface area (Å²) >= 11 is 1.17. The number of aromatic nitrogens is 1. The Morgan fingerprint density at radius 2 is 1.68 bits per heavy atom. The first-order valence-electron chi connectivity index (χ1n) is 10.3. The topological polar surface area (TPSA) is 103 Å². The lowest BCUT2D eigenvalue weighted by molar-refractivity contribution is -0.231. The molecule has 34 heavy (non-hydrogen) atoms. The van der Waals surface area contributed by atoms with Crippen LogP contribution >= 0.6 is 11.3 Å². The van der Waals surface area contributed by atoms with Crippen molar-refractivity contribution in [2.75, 3.05) is 6.61 Å². The SMILES string of the molecule is OC[C@H]1O[C@@H](c2ccc(C(F)(F)F)c(Cc3ncc(-c4ccc(F)cc4)s3)c2)[C@H](O)[C@@H](O)[C@@H]1O. The van der Waals surface area contributed by atoms with Crippen molar-refractivity contribution in [2.24, 2.45) is 0 Å². The first-order valence-corrected chi connectivity index (χ1v) is 11.1. The van der Waals surface area contributed by atoms with Gasteiger partial charge in [-0.15, -0.1) is 11.3 Å². The summed E-state index contributed by atoms with van der Waals surface area (Å²) < 4.78 is 59.8.